The summed E-state index contributed by atoms with van der Waals surface area (Å²) in [7, 11) is 1.18. The summed E-state index contributed by atoms with van der Waals surface area (Å²) in [4.78, 5) is 0. The third-order valence-corrected chi connectivity index (χ3v) is 4.05. The average Bonchev–Trinajstić information content (AvgIpc) is 2.28. The van der Waals surface area contributed by atoms with E-state index in [1.54, 1.807) is 25.3 Å². The first-order valence-electron chi connectivity index (χ1n) is 4.44. The van der Waals surface area contributed by atoms with Crippen molar-refractivity contribution >= 4 is 12.9 Å². The Labute approximate surface area is 89.7 Å². The molecule has 0 aliphatic carbocycles. The number of methoxy groups -OCH3 is 1. The van der Waals surface area contributed by atoms with Crippen LogP contribution in [-0.2, 0) is 13.6 Å². The standard InChI is InChI=1S/C10H15O4P/c1-8-7-9(5-6-10(8)12-2)15(11,13-3)14-4/h5-7H,1-4H3. The molecule has 0 aromatic heterocycles. The SMILES string of the molecule is COc1ccc(P(=O)(OC)OC)cc1C. The van der Waals surface area contributed by atoms with Crippen molar-refractivity contribution in [2.24, 2.45) is 0 Å². The van der Waals surface area contributed by atoms with Crippen LogP contribution in [0.5, 0.6) is 5.75 Å². The monoisotopic (exact) mass is 230 g/mol. The minimum Gasteiger partial charge on any atom is -0.496 e. The number of hydrogen-bond donors (Lipinski definition) is 0. The summed E-state index contributed by atoms with van der Waals surface area (Å²) in [5.41, 5.74) is 0.893. The lowest BCUT2D eigenvalue weighted by Crippen LogP contribution is -2.08. The maximum atomic E-state index is 12.0. The molecule has 1 aromatic carbocycles. The molecule has 4 nitrogen and oxygen atoms in total. The molecule has 0 aliphatic heterocycles. The third-order valence-electron chi connectivity index (χ3n) is 2.18. The molecule has 0 saturated heterocycles. The summed E-state index contributed by atoms with van der Waals surface area (Å²) in [5.74, 6) is 0.748. The van der Waals surface area contributed by atoms with Gasteiger partial charge in [-0.15, -0.1) is 0 Å². The van der Waals surface area contributed by atoms with Crippen molar-refractivity contribution < 1.29 is 18.3 Å². The van der Waals surface area contributed by atoms with Crippen LogP contribution in [0.2, 0.25) is 0 Å². The smallest absolute Gasteiger partial charge is 0.360 e. The highest BCUT2D eigenvalue weighted by Crippen LogP contribution is 2.45. The molecule has 0 bridgehead atoms. The highest BCUT2D eigenvalue weighted by Gasteiger charge is 2.24. The van der Waals surface area contributed by atoms with Gasteiger partial charge in [-0.05, 0) is 30.7 Å². The van der Waals surface area contributed by atoms with E-state index in [1.165, 1.54) is 14.2 Å². The first kappa shape index (κ1) is 12.2. The van der Waals surface area contributed by atoms with Gasteiger partial charge in [-0.3, -0.25) is 4.57 Å². The van der Waals surface area contributed by atoms with Crippen molar-refractivity contribution in [3.8, 4) is 5.75 Å². The first-order chi connectivity index (χ1) is 7.07. The quantitative estimate of drug-likeness (QED) is 0.743. The minimum absolute atomic E-state index is 0.533. The molecule has 0 spiro atoms. The average molecular weight is 230 g/mol. The third kappa shape index (κ3) is 2.40. The maximum absolute atomic E-state index is 12.0. The van der Waals surface area contributed by atoms with Gasteiger partial charge in [0.15, 0.2) is 0 Å². The highest BCUT2D eigenvalue weighted by atomic mass is 31.2. The molecule has 5 heteroatoms. The number of rotatable bonds is 4. The fourth-order valence-corrected chi connectivity index (χ4v) is 2.50. The second-order valence-corrected chi connectivity index (χ2v) is 5.26. The summed E-state index contributed by atoms with van der Waals surface area (Å²) in [5, 5.41) is 0.533. The molecule has 0 aliphatic rings. The van der Waals surface area contributed by atoms with Crippen LogP contribution in [0.1, 0.15) is 5.56 Å². The minimum atomic E-state index is -3.15. The molecule has 0 saturated carbocycles. The van der Waals surface area contributed by atoms with Crippen molar-refractivity contribution in [2.75, 3.05) is 21.3 Å². The maximum Gasteiger partial charge on any atom is 0.360 e. The van der Waals surface area contributed by atoms with Crippen molar-refractivity contribution in [1.29, 1.82) is 0 Å². The van der Waals surface area contributed by atoms with Crippen LogP contribution in [0.3, 0.4) is 0 Å². The number of aryl methyl sites for hydroxylation is 1. The lowest BCUT2D eigenvalue weighted by Gasteiger charge is -2.15. The van der Waals surface area contributed by atoms with Gasteiger partial charge in [0.05, 0.1) is 12.4 Å². The first-order valence-corrected chi connectivity index (χ1v) is 5.98. The molecular weight excluding hydrogens is 215 g/mol. The van der Waals surface area contributed by atoms with Crippen LogP contribution in [0.25, 0.3) is 0 Å². The zero-order valence-corrected chi connectivity index (χ0v) is 10.2. The van der Waals surface area contributed by atoms with Gasteiger partial charge in [-0.25, -0.2) is 0 Å². The molecule has 0 heterocycles. The Kier molecular flexibility index (Phi) is 3.91. The van der Waals surface area contributed by atoms with E-state index in [2.05, 4.69) is 0 Å². The summed E-state index contributed by atoms with van der Waals surface area (Å²) in [6, 6.07) is 5.17. The van der Waals surface area contributed by atoms with E-state index in [9.17, 15) is 4.57 Å². The summed E-state index contributed by atoms with van der Waals surface area (Å²) >= 11 is 0. The topological polar surface area (TPSA) is 44.8 Å². The molecule has 0 unspecified atom stereocenters. The van der Waals surface area contributed by atoms with E-state index in [-0.39, 0.29) is 0 Å². The Hall–Kier alpha value is -0.830. The molecule has 0 N–H and O–H groups in total. The predicted octanol–water partition coefficient (Wildman–Crippen LogP) is 2.11. The van der Waals surface area contributed by atoms with Gasteiger partial charge in [-0.2, -0.15) is 0 Å². The second-order valence-electron chi connectivity index (χ2n) is 3.02. The van der Waals surface area contributed by atoms with E-state index >= 15 is 0 Å². The lowest BCUT2D eigenvalue weighted by atomic mass is 10.2. The molecule has 84 valence electrons. The predicted molar refractivity (Wildman–Crippen MR) is 59.0 cm³/mol. The molecule has 0 amide bonds. The summed E-state index contributed by atoms with van der Waals surface area (Å²) < 4.78 is 26.9. The van der Waals surface area contributed by atoms with Gasteiger partial charge in [0, 0.05) is 14.2 Å². The molecule has 15 heavy (non-hydrogen) atoms. The normalized spacial score (nSPS) is 11.5. The van der Waals surface area contributed by atoms with Gasteiger partial charge in [0.2, 0.25) is 0 Å². The highest BCUT2D eigenvalue weighted by molar-refractivity contribution is 7.62. The van der Waals surface area contributed by atoms with Crippen molar-refractivity contribution in [3.05, 3.63) is 23.8 Å². The Morgan fingerprint density at radius 1 is 1.13 bits per heavy atom. The van der Waals surface area contributed by atoms with Gasteiger partial charge in [0.1, 0.15) is 5.75 Å². The van der Waals surface area contributed by atoms with Crippen LogP contribution >= 0.6 is 7.60 Å². The van der Waals surface area contributed by atoms with E-state index < -0.39 is 7.60 Å². The van der Waals surface area contributed by atoms with E-state index in [0.29, 0.717) is 5.30 Å². The van der Waals surface area contributed by atoms with Crippen molar-refractivity contribution in [1.82, 2.24) is 0 Å². The van der Waals surface area contributed by atoms with Crippen molar-refractivity contribution in [3.63, 3.8) is 0 Å². The van der Waals surface area contributed by atoms with Crippen LogP contribution in [0.15, 0.2) is 18.2 Å². The summed E-state index contributed by atoms with van der Waals surface area (Å²) in [6.07, 6.45) is 0. The van der Waals surface area contributed by atoms with Crippen LogP contribution in [0.4, 0.5) is 0 Å². The van der Waals surface area contributed by atoms with Crippen LogP contribution in [0, 0.1) is 6.92 Å². The van der Waals surface area contributed by atoms with E-state index in [4.69, 9.17) is 13.8 Å². The molecular formula is C10H15O4P. The Morgan fingerprint density at radius 3 is 2.13 bits per heavy atom. The molecule has 1 aromatic rings. The zero-order valence-electron chi connectivity index (χ0n) is 9.31. The van der Waals surface area contributed by atoms with Crippen LogP contribution in [-0.4, -0.2) is 21.3 Å². The Morgan fingerprint density at radius 2 is 1.73 bits per heavy atom. The Balaban J connectivity index is 3.17. The number of benzene rings is 1. The Bertz CT molecular complexity index is 381. The lowest BCUT2D eigenvalue weighted by molar-refractivity contribution is 0.287. The van der Waals surface area contributed by atoms with Crippen LogP contribution < -0.4 is 10.0 Å². The fraction of sp³-hybridized carbons (Fsp3) is 0.400. The number of hydrogen-bond acceptors (Lipinski definition) is 4. The van der Waals surface area contributed by atoms with Gasteiger partial charge in [-0.1, -0.05) is 0 Å². The zero-order chi connectivity index (χ0) is 11.5. The van der Waals surface area contributed by atoms with E-state index in [0.717, 1.165) is 11.3 Å². The largest absolute Gasteiger partial charge is 0.496 e. The molecule has 0 radical (unpaired) electrons. The van der Waals surface area contributed by atoms with Gasteiger partial charge >= 0.3 is 7.60 Å². The molecule has 1 rings (SSSR count). The van der Waals surface area contributed by atoms with E-state index in [1.807, 2.05) is 6.92 Å². The summed E-state index contributed by atoms with van der Waals surface area (Å²) in [6.45, 7) is 1.87. The molecule has 0 atom stereocenters. The van der Waals surface area contributed by atoms with Gasteiger partial charge in [0.25, 0.3) is 0 Å². The fourth-order valence-electron chi connectivity index (χ4n) is 1.32. The molecule has 0 fully saturated rings. The number of ether oxygens (including phenoxy) is 1. The van der Waals surface area contributed by atoms with Crippen molar-refractivity contribution in [2.45, 2.75) is 6.92 Å². The van der Waals surface area contributed by atoms with Gasteiger partial charge < -0.3 is 13.8 Å². The second kappa shape index (κ2) is 4.79.